The van der Waals surface area contributed by atoms with Gasteiger partial charge in [-0.1, -0.05) is 49.4 Å². The summed E-state index contributed by atoms with van der Waals surface area (Å²) in [6.07, 6.45) is 3.05. The zero-order valence-corrected chi connectivity index (χ0v) is 19.3. The fraction of sp³-hybridized carbons (Fsp3) is 0.462. The highest BCUT2D eigenvalue weighted by atomic mass is 16.5. The van der Waals surface area contributed by atoms with E-state index in [2.05, 4.69) is 17.1 Å². The van der Waals surface area contributed by atoms with Gasteiger partial charge in [-0.3, -0.25) is 9.59 Å². The summed E-state index contributed by atoms with van der Waals surface area (Å²) in [5.41, 5.74) is 1.49. The van der Waals surface area contributed by atoms with E-state index in [4.69, 9.17) is 4.74 Å². The molecular weight excluding hydrogens is 402 g/mol. The molecule has 0 saturated carbocycles. The minimum absolute atomic E-state index is 0.0287. The molecular formula is C26H35N3O3. The Morgan fingerprint density at radius 2 is 1.69 bits per heavy atom. The van der Waals surface area contributed by atoms with Gasteiger partial charge in [0.15, 0.2) is 0 Å². The van der Waals surface area contributed by atoms with Crippen molar-refractivity contribution in [2.24, 2.45) is 0 Å². The molecule has 1 fully saturated rings. The van der Waals surface area contributed by atoms with E-state index >= 15 is 0 Å². The molecule has 0 aliphatic carbocycles. The number of hydrogen-bond acceptors (Lipinski definition) is 4. The first kappa shape index (κ1) is 23.8. The smallest absolute Gasteiger partial charge is 0.258 e. The molecule has 0 radical (unpaired) electrons. The average molecular weight is 438 g/mol. The summed E-state index contributed by atoms with van der Waals surface area (Å²) in [5, 5.41) is 3.06. The summed E-state index contributed by atoms with van der Waals surface area (Å²) in [4.78, 5) is 30.9. The molecule has 0 spiro atoms. The first-order valence-electron chi connectivity index (χ1n) is 11.6. The molecule has 1 atom stereocenters. The number of carbonyl (C=O) groups excluding carboxylic acids is 2. The van der Waals surface area contributed by atoms with Gasteiger partial charge in [-0.2, -0.15) is 0 Å². The third-order valence-electron chi connectivity index (χ3n) is 6.08. The lowest BCUT2D eigenvalue weighted by Crippen LogP contribution is -2.39. The molecule has 32 heavy (non-hydrogen) atoms. The van der Waals surface area contributed by atoms with Crippen LogP contribution in [0.3, 0.4) is 0 Å². The van der Waals surface area contributed by atoms with Gasteiger partial charge in [0, 0.05) is 13.1 Å². The van der Waals surface area contributed by atoms with Crippen LogP contribution in [0.25, 0.3) is 0 Å². The van der Waals surface area contributed by atoms with E-state index in [1.54, 1.807) is 19.2 Å². The van der Waals surface area contributed by atoms with E-state index in [1.807, 2.05) is 47.4 Å². The van der Waals surface area contributed by atoms with Crippen molar-refractivity contribution in [3.63, 3.8) is 0 Å². The molecule has 2 aromatic carbocycles. The molecule has 1 aliphatic rings. The van der Waals surface area contributed by atoms with Crippen LogP contribution in [0.1, 0.15) is 54.6 Å². The highest BCUT2D eigenvalue weighted by Gasteiger charge is 2.29. The number of nitrogens with zero attached hydrogens (tertiary/aromatic N) is 2. The van der Waals surface area contributed by atoms with Crippen molar-refractivity contribution in [1.82, 2.24) is 15.1 Å². The first-order valence-corrected chi connectivity index (χ1v) is 11.6. The topological polar surface area (TPSA) is 61.9 Å². The monoisotopic (exact) mass is 437 g/mol. The molecule has 2 amide bonds. The Morgan fingerprint density at radius 3 is 2.44 bits per heavy atom. The van der Waals surface area contributed by atoms with E-state index < -0.39 is 0 Å². The fourth-order valence-corrected chi connectivity index (χ4v) is 4.28. The Labute approximate surface area is 191 Å². The summed E-state index contributed by atoms with van der Waals surface area (Å²) >= 11 is 0. The van der Waals surface area contributed by atoms with Crippen LogP contribution in [0.2, 0.25) is 0 Å². The van der Waals surface area contributed by atoms with E-state index in [-0.39, 0.29) is 24.3 Å². The Balaban J connectivity index is 1.95. The van der Waals surface area contributed by atoms with Gasteiger partial charge in [0.1, 0.15) is 5.75 Å². The Kier molecular flexibility index (Phi) is 9.11. The highest BCUT2D eigenvalue weighted by Crippen LogP contribution is 2.29. The number of ether oxygens (including phenoxy) is 1. The zero-order chi connectivity index (χ0) is 22.8. The Hall–Kier alpha value is -2.86. The maximum absolute atomic E-state index is 13.8. The molecule has 0 bridgehead atoms. The molecule has 3 rings (SSSR count). The predicted molar refractivity (Wildman–Crippen MR) is 127 cm³/mol. The molecule has 1 N–H and O–H groups in total. The highest BCUT2D eigenvalue weighted by molar-refractivity contribution is 5.97. The molecule has 1 heterocycles. The number of rotatable bonds is 4. The van der Waals surface area contributed by atoms with Gasteiger partial charge < -0.3 is 19.9 Å². The lowest BCUT2D eigenvalue weighted by molar-refractivity contribution is -0.122. The van der Waals surface area contributed by atoms with Crippen molar-refractivity contribution in [1.29, 1.82) is 0 Å². The third kappa shape index (κ3) is 6.33. The molecule has 1 unspecified atom stereocenters. The minimum atomic E-state index is -0.336. The molecule has 6 heteroatoms. The summed E-state index contributed by atoms with van der Waals surface area (Å²) in [6, 6.07) is 16.8. The maximum atomic E-state index is 13.8. The normalized spacial score (nSPS) is 19.2. The van der Waals surface area contributed by atoms with Gasteiger partial charge in [0.25, 0.3) is 5.91 Å². The lowest BCUT2D eigenvalue weighted by Gasteiger charge is -2.32. The summed E-state index contributed by atoms with van der Waals surface area (Å²) < 4.78 is 5.47. The number of methoxy groups -OCH3 is 1. The van der Waals surface area contributed by atoms with Gasteiger partial charge >= 0.3 is 0 Å². The number of nitrogens with one attached hydrogen (secondary N) is 1. The van der Waals surface area contributed by atoms with Crippen molar-refractivity contribution in [2.45, 2.75) is 38.6 Å². The van der Waals surface area contributed by atoms with Gasteiger partial charge in [0.2, 0.25) is 5.91 Å². The summed E-state index contributed by atoms with van der Waals surface area (Å²) in [5.74, 6) is 0.416. The lowest BCUT2D eigenvalue weighted by atomic mass is 9.99. The van der Waals surface area contributed by atoms with Crippen LogP contribution in [-0.4, -0.2) is 61.4 Å². The van der Waals surface area contributed by atoms with Crippen LogP contribution in [0, 0.1) is 0 Å². The zero-order valence-electron chi connectivity index (χ0n) is 19.3. The largest absolute Gasteiger partial charge is 0.496 e. The Morgan fingerprint density at radius 1 is 1.00 bits per heavy atom. The maximum Gasteiger partial charge on any atom is 0.258 e. The van der Waals surface area contributed by atoms with Crippen molar-refractivity contribution in [3.8, 4) is 5.75 Å². The molecule has 0 aromatic heterocycles. The number of carbonyl (C=O) groups is 2. The third-order valence-corrected chi connectivity index (χ3v) is 6.08. The molecule has 172 valence electrons. The number of hydrogen-bond donors (Lipinski definition) is 1. The van der Waals surface area contributed by atoms with Crippen LogP contribution >= 0.6 is 0 Å². The molecule has 1 saturated heterocycles. The molecule has 2 aromatic rings. The first-order chi connectivity index (χ1) is 15.6. The summed E-state index contributed by atoms with van der Waals surface area (Å²) in [6.45, 7) is 6.36. The van der Waals surface area contributed by atoms with Crippen molar-refractivity contribution >= 4 is 11.8 Å². The van der Waals surface area contributed by atoms with E-state index in [9.17, 15) is 9.59 Å². The quantitative estimate of drug-likeness (QED) is 0.788. The van der Waals surface area contributed by atoms with Crippen molar-refractivity contribution in [2.75, 3.05) is 39.8 Å². The second kappa shape index (κ2) is 12.2. The van der Waals surface area contributed by atoms with Crippen LogP contribution < -0.4 is 10.1 Å². The van der Waals surface area contributed by atoms with Gasteiger partial charge in [-0.15, -0.1) is 0 Å². The van der Waals surface area contributed by atoms with Crippen LogP contribution in [0.5, 0.6) is 5.75 Å². The number of benzene rings is 2. The Bertz CT molecular complexity index is 872. The SMILES string of the molecule is CCN1CCCCN(C(=O)c2ccccc2OC)C(c2ccccc2)CC(=O)NCCC1. The van der Waals surface area contributed by atoms with Crippen LogP contribution in [0.4, 0.5) is 0 Å². The second-order valence-electron chi connectivity index (χ2n) is 8.17. The van der Waals surface area contributed by atoms with Crippen LogP contribution in [0.15, 0.2) is 54.6 Å². The number of amides is 2. The predicted octanol–water partition coefficient (Wildman–Crippen LogP) is 3.89. The van der Waals surface area contributed by atoms with E-state index in [0.29, 0.717) is 24.4 Å². The van der Waals surface area contributed by atoms with E-state index in [0.717, 1.165) is 44.5 Å². The van der Waals surface area contributed by atoms with Crippen LogP contribution in [-0.2, 0) is 4.79 Å². The second-order valence-corrected chi connectivity index (χ2v) is 8.17. The fourth-order valence-electron chi connectivity index (χ4n) is 4.28. The molecule has 1 aliphatic heterocycles. The van der Waals surface area contributed by atoms with Crippen molar-refractivity contribution < 1.29 is 14.3 Å². The minimum Gasteiger partial charge on any atom is -0.496 e. The summed E-state index contributed by atoms with van der Waals surface area (Å²) in [7, 11) is 1.58. The number of para-hydroxylation sites is 1. The van der Waals surface area contributed by atoms with Crippen molar-refractivity contribution in [3.05, 3.63) is 65.7 Å². The standard InChI is InChI=1S/C26H35N3O3/c1-3-28-17-9-10-19-29(26(31)22-14-7-8-15-24(22)32-2)23(21-12-5-4-6-13-21)20-25(30)27-16-11-18-28/h4-8,12-15,23H,3,9-11,16-20H2,1-2H3,(H,27,30). The average Bonchev–Trinajstić information content (AvgIpc) is 2.85. The van der Waals surface area contributed by atoms with Gasteiger partial charge in [0.05, 0.1) is 25.1 Å². The van der Waals surface area contributed by atoms with E-state index in [1.165, 1.54) is 0 Å². The molecule has 6 nitrogen and oxygen atoms in total. The van der Waals surface area contributed by atoms with Gasteiger partial charge in [-0.25, -0.2) is 0 Å². The van der Waals surface area contributed by atoms with Gasteiger partial charge in [-0.05, 0) is 56.6 Å².